The second-order valence-electron chi connectivity index (χ2n) is 8.29. The summed E-state index contributed by atoms with van der Waals surface area (Å²) in [4.78, 5) is 38.1. The van der Waals surface area contributed by atoms with Crippen molar-refractivity contribution in [2.45, 2.75) is 69.1 Å². The molecule has 2 heterocycles. The minimum absolute atomic E-state index is 0.155. The van der Waals surface area contributed by atoms with Crippen LogP contribution in [-0.2, 0) is 14.3 Å². The number of hydrogen-bond donors (Lipinski definition) is 2. The Balaban J connectivity index is 1.74. The van der Waals surface area contributed by atoms with Crippen molar-refractivity contribution >= 4 is 17.8 Å². The number of nitrogens with two attached hydrogens (primary N) is 1. The van der Waals surface area contributed by atoms with Gasteiger partial charge in [0.2, 0.25) is 5.91 Å². The number of fused-ring (bicyclic) bond motifs is 2. The summed E-state index contributed by atoms with van der Waals surface area (Å²) in [6.07, 6.45) is 4.95. The second kappa shape index (κ2) is 8.95. The zero-order valence-corrected chi connectivity index (χ0v) is 16.9. The van der Waals surface area contributed by atoms with Crippen LogP contribution in [-0.4, -0.2) is 52.6 Å². The molecule has 1 aromatic rings. The van der Waals surface area contributed by atoms with Gasteiger partial charge in [0.25, 0.3) is 0 Å². The summed E-state index contributed by atoms with van der Waals surface area (Å²) < 4.78 is 5.82. The molecule has 2 aliphatic heterocycles. The van der Waals surface area contributed by atoms with Gasteiger partial charge in [0.1, 0.15) is 6.10 Å². The number of piperidine rings is 1. The van der Waals surface area contributed by atoms with Gasteiger partial charge in [-0.25, -0.2) is 4.79 Å². The Hall–Kier alpha value is -2.41. The van der Waals surface area contributed by atoms with E-state index in [9.17, 15) is 14.4 Å². The molecule has 0 spiro atoms. The summed E-state index contributed by atoms with van der Waals surface area (Å²) in [5, 5.41) is 8.82. The number of ether oxygens (including phenoxy) is 1. The number of benzene rings is 1. The van der Waals surface area contributed by atoms with Crippen LogP contribution in [0.2, 0.25) is 0 Å². The fourth-order valence-electron chi connectivity index (χ4n) is 5.24. The van der Waals surface area contributed by atoms with E-state index in [0.29, 0.717) is 18.4 Å². The van der Waals surface area contributed by atoms with Crippen molar-refractivity contribution in [1.29, 1.82) is 0 Å². The monoisotopic (exact) mass is 402 g/mol. The van der Waals surface area contributed by atoms with Gasteiger partial charge in [0.05, 0.1) is 11.5 Å². The molecular weight excluding hydrogens is 372 g/mol. The topological polar surface area (TPSA) is 110 Å². The van der Waals surface area contributed by atoms with E-state index in [0.717, 1.165) is 32.1 Å². The quantitative estimate of drug-likeness (QED) is 0.485. The highest BCUT2D eigenvalue weighted by atomic mass is 16.5. The predicted molar refractivity (Wildman–Crippen MR) is 107 cm³/mol. The van der Waals surface area contributed by atoms with Crippen molar-refractivity contribution < 1.29 is 24.2 Å². The van der Waals surface area contributed by atoms with E-state index in [1.54, 1.807) is 24.3 Å². The fraction of sp³-hybridized carbons (Fsp3) is 0.591. The Bertz CT molecular complexity index is 753. The molecular formula is C22H30N2O5. The summed E-state index contributed by atoms with van der Waals surface area (Å²) in [6.45, 7) is 0. The van der Waals surface area contributed by atoms with Crippen molar-refractivity contribution in [3.05, 3.63) is 35.9 Å². The van der Waals surface area contributed by atoms with Gasteiger partial charge in [-0.2, -0.15) is 0 Å². The normalized spacial score (nSPS) is 28.8. The number of amides is 1. The third-order valence-corrected chi connectivity index (χ3v) is 6.69. The van der Waals surface area contributed by atoms with Crippen LogP contribution in [0.5, 0.6) is 0 Å². The van der Waals surface area contributed by atoms with E-state index in [1.165, 1.54) is 0 Å². The predicted octanol–water partition coefficient (Wildman–Crippen LogP) is 2.59. The van der Waals surface area contributed by atoms with Crippen LogP contribution in [0.25, 0.3) is 0 Å². The second-order valence-corrected chi connectivity index (χ2v) is 8.29. The molecule has 158 valence electrons. The van der Waals surface area contributed by atoms with Crippen LogP contribution in [0.1, 0.15) is 61.7 Å². The molecule has 1 amide bonds. The molecule has 2 saturated heterocycles. The molecule has 7 nitrogen and oxygen atoms in total. The summed E-state index contributed by atoms with van der Waals surface area (Å²) in [6, 6.07) is 9.03. The molecule has 29 heavy (non-hydrogen) atoms. The summed E-state index contributed by atoms with van der Waals surface area (Å²) in [5.41, 5.74) is 5.87. The van der Waals surface area contributed by atoms with Gasteiger partial charge in [0, 0.05) is 24.4 Å². The number of hydrogen-bond acceptors (Lipinski definition) is 5. The van der Waals surface area contributed by atoms with E-state index in [2.05, 4.69) is 4.90 Å². The van der Waals surface area contributed by atoms with E-state index < -0.39 is 35.4 Å². The lowest BCUT2D eigenvalue weighted by Gasteiger charge is -2.50. The number of esters is 1. The first-order chi connectivity index (χ1) is 13.8. The number of unbranched alkanes of at least 4 members (excludes halogenated alkanes) is 2. The molecule has 4 unspecified atom stereocenters. The van der Waals surface area contributed by atoms with Crippen molar-refractivity contribution in [2.24, 2.45) is 11.7 Å². The lowest BCUT2D eigenvalue weighted by molar-refractivity contribution is -0.140. The Labute approximate surface area is 171 Å². The van der Waals surface area contributed by atoms with Gasteiger partial charge in [-0.1, -0.05) is 31.0 Å². The van der Waals surface area contributed by atoms with Crippen LogP contribution >= 0.6 is 0 Å². The highest BCUT2D eigenvalue weighted by Crippen LogP contribution is 2.50. The van der Waals surface area contributed by atoms with Gasteiger partial charge in [-0.05, 0) is 44.9 Å². The van der Waals surface area contributed by atoms with Crippen molar-refractivity contribution in [3.63, 3.8) is 0 Å². The molecule has 3 rings (SSSR count). The molecule has 2 aliphatic rings. The average molecular weight is 402 g/mol. The molecule has 7 heteroatoms. The SMILES string of the molecule is CN1C2CCC1(CCCCCC(=O)O)C(C(N)=O)C(OC(=O)c1ccccc1)C2. The molecule has 0 aromatic heterocycles. The van der Waals surface area contributed by atoms with Gasteiger partial charge in [-0.3, -0.25) is 14.5 Å². The van der Waals surface area contributed by atoms with Gasteiger partial charge >= 0.3 is 11.9 Å². The third-order valence-electron chi connectivity index (χ3n) is 6.69. The van der Waals surface area contributed by atoms with E-state index >= 15 is 0 Å². The summed E-state index contributed by atoms with van der Waals surface area (Å²) >= 11 is 0. The van der Waals surface area contributed by atoms with Crippen LogP contribution in [0.4, 0.5) is 0 Å². The highest BCUT2D eigenvalue weighted by Gasteiger charge is 2.59. The number of carbonyl (C=O) groups is 3. The Morgan fingerprint density at radius 2 is 1.93 bits per heavy atom. The third kappa shape index (κ3) is 4.45. The first-order valence-electron chi connectivity index (χ1n) is 10.4. The first kappa shape index (κ1) is 21.3. The maximum Gasteiger partial charge on any atom is 0.338 e. The van der Waals surface area contributed by atoms with E-state index in [4.69, 9.17) is 15.6 Å². The zero-order chi connectivity index (χ0) is 21.0. The Morgan fingerprint density at radius 3 is 2.59 bits per heavy atom. The van der Waals surface area contributed by atoms with Crippen LogP contribution < -0.4 is 5.73 Å². The number of carboxylic acid groups (broad SMARTS) is 1. The molecule has 4 atom stereocenters. The standard InChI is InChI=1S/C22H30N2O5/c1-24-16-11-13-22(24,12-7-3-6-10-18(25)26)19(20(23)27)17(14-16)29-21(28)15-8-4-2-5-9-15/h2,4-5,8-9,16-17,19H,3,6-7,10-14H2,1H3,(H2,23,27)(H,25,26). The molecule has 3 N–H and O–H groups in total. The number of aliphatic carboxylic acids is 1. The molecule has 2 bridgehead atoms. The van der Waals surface area contributed by atoms with Gasteiger partial charge in [-0.15, -0.1) is 0 Å². The molecule has 0 saturated carbocycles. The van der Waals surface area contributed by atoms with Crippen LogP contribution in [0, 0.1) is 5.92 Å². The summed E-state index contributed by atoms with van der Waals surface area (Å²) in [7, 11) is 2.03. The maximum absolute atomic E-state index is 12.6. The Kier molecular flexibility index (Phi) is 6.57. The van der Waals surface area contributed by atoms with E-state index in [-0.39, 0.29) is 12.5 Å². The number of carboxylic acids is 1. The molecule has 0 radical (unpaired) electrons. The van der Waals surface area contributed by atoms with Crippen molar-refractivity contribution in [3.8, 4) is 0 Å². The number of primary amides is 1. The first-order valence-corrected chi connectivity index (χ1v) is 10.4. The molecule has 2 fully saturated rings. The van der Waals surface area contributed by atoms with Crippen LogP contribution in [0.3, 0.4) is 0 Å². The summed E-state index contributed by atoms with van der Waals surface area (Å²) in [5.74, 6) is -2.23. The van der Waals surface area contributed by atoms with Crippen LogP contribution in [0.15, 0.2) is 30.3 Å². The minimum Gasteiger partial charge on any atom is -0.481 e. The lowest BCUT2D eigenvalue weighted by atomic mass is 9.72. The molecule has 1 aromatic carbocycles. The number of nitrogens with zero attached hydrogens (tertiary/aromatic N) is 1. The Morgan fingerprint density at radius 1 is 1.21 bits per heavy atom. The maximum atomic E-state index is 12.6. The number of rotatable bonds is 9. The molecule has 0 aliphatic carbocycles. The smallest absolute Gasteiger partial charge is 0.338 e. The average Bonchev–Trinajstić information content (AvgIpc) is 2.88. The van der Waals surface area contributed by atoms with Crippen molar-refractivity contribution in [1.82, 2.24) is 4.90 Å². The largest absolute Gasteiger partial charge is 0.481 e. The van der Waals surface area contributed by atoms with E-state index in [1.807, 2.05) is 13.1 Å². The minimum atomic E-state index is -0.790. The number of carbonyl (C=O) groups excluding carboxylic acids is 2. The highest BCUT2D eigenvalue weighted by molar-refractivity contribution is 5.90. The van der Waals surface area contributed by atoms with Crippen molar-refractivity contribution in [2.75, 3.05) is 7.05 Å². The van der Waals surface area contributed by atoms with Gasteiger partial charge in [0.15, 0.2) is 0 Å². The lowest BCUT2D eigenvalue weighted by Crippen LogP contribution is -2.63. The zero-order valence-electron chi connectivity index (χ0n) is 16.9. The fourth-order valence-corrected chi connectivity index (χ4v) is 5.24. The van der Waals surface area contributed by atoms with Gasteiger partial charge < -0.3 is 15.6 Å².